The van der Waals surface area contributed by atoms with Crippen LogP contribution in [-0.4, -0.2) is 142 Å². The quantitative estimate of drug-likeness (QED) is 0.0309. The van der Waals surface area contributed by atoms with E-state index >= 15 is 0 Å². The van der Waals surface area contributed by atoms with Gasteiger partial charge in [0.05, 0.1) is 18.7 Å². The first-order valence-electron chi connectivity index (χ1n) is 20.4. The van der Waals surface area contributed by atoms with E-state index in [1.807, 2.05) is 25.7 Å². The molecular weight excluding hydrogens is 782 g/mol. The van der Waals surface area contributed by atoms with Gasteiger partial charge in [-0.2, -0.15) is 0 Å². The lowest BCUT2D eigenvalue weighted by Gasteiger charge is -2.27. The van der Waals surface area contributed by atoms with Crippen molar-refractivity contribution in [3.63, 3.8) is 0 Å². The van der Waals surface area contributed by atoms with Crippen molar-refractivity contribution in [2.75, 3.05) is 26.2 Å². The van der Waals surface area contributed by atoms with Crippen molar-refractivity contribution < 1.29 is 48.9 Å². The van der Waals surface area contributed by atoms with Crippen LogP contribution in [0.2, 0.25) is 0 Å². The normalized spacial score (nSPS) is 20.1. The number of phenols is 1. The lowest BCUT2D eigenvalue weighted by molar-refractivity contribution is -0.137. The number of rotatable bonds is 22. The lowest BCUT2D eigenvalue weighted by atomic mass is 10.0. The monoisotopic (exact) mass is 845 g/mol. The maximum absolute atomic E-state index is 13.8. The number of likely N-dealkylation sites (N-methyl/N-ethyl adjacent to an activating group) is 1. The van der Waals surface area contributed by atoms with Gasteiger partial charge in [-0.1, -0.05) is 32.9 Å². The summed E-state index contributed by atoms with van der Waals surface area (Å²) < 4.78 is 0. The van der Waals surface area contributed by atoms with Crippen LogP contribution in [0.4, 0.5) is 0 Å². The van der Waals surface area contributed by atoms with Crippen molar-refractivity contribution in [3.8, 4) is 5.75 Å². The maximum Gasteiger partial charge on any atom is 0.249 e. The summed E-state index contributed by atoms with van der Waals surface area (Å²) in [7, 11) is 0. The number of hydrogen-bond donors (Lipinski definition) is 12. The predicted octanol–water partition coefficient (Wildman–Crippen LogP) is -3.33. The molecule has 0 aliphatic carbocycles. The van der Waals surface area contributed by atoms with Gasteiger partial charge in [0.1, 0.15) is 42.2 Å². The number of carbonyl (C=O) groups is 7. The molecule has 7 amide bonds. The minimum absolute atomic E-state index is 0.0402. The average Bonchev–Trinajstić information content (AvgIpc) is 3.87. The number of nitrogens with two attached hydrogens (primary N) is 2. The number of aliphatic hydroxyl groups is 2. The van der Waals surface area contributed by atoms with E-state index in [1.165, 1.54) is 31.2 Å². The summed E-state index contributed by atoms with van der Waals surface area (Å²) in [5.74, 6) is -5.35. The van der Waals surface area contributed by atoms with Crippen molar-refractivity contribution >= 4 is 47.3 Å². The number of aromatic hydroxyl groups is 1. The maximum atomic E-state index is 13.8. The van der Waals surface area contributed by atoms with Crippen LogP contribution in [0.3, 0.4) is 0 Å². The second-order valence-corrected chi connectivity index (χ2v) is 15.6. The number of aliphatic hydroxyl groups excluding tert-OH is 2. The van der Waals surface area contributed by atoms with E-state index in [4.69, 9.17) is 11.5 Å². The zero-order valence-corrected chi connectivity index (χ0v) is 34.7. The smallest absolute Gasteiger partial charge is 0.249 e. The largest absolute Gasteiger partial charge is 0.508 e. The molecule has 2 heterocycles. The van der Waals surface area contributed by atoms with Crippen molar-refractivity contribution in [2.45, 2.75) is 128 Å². The Morgan fingerprint density at radius 2 is 1.45 bits per heavy atom. The molecule has 2 saturated heterocycles. The molecule has 60 heavy (non-hydrogen) atoms. The van der Waals surface area contributed by atoms with Gasteiger partial charge >= 0.3 is 0 Å². The highest BCUT2D eigenvalue weighted by molar-refractivity contribution is 6.02. The molecule has 1 unspecified atom stereocenters. The van der Waals surface area contributed by atoms with Crippen molar-refractivity contribution in [2.24, 2.45) is 22.4 Å². The van der Waals surface area contributed by atoms with Gasteiger partial charge in [0, 0.05) is 13.0 Å². The number of nitrogens with one attached hydrogen (secondary N) is 7. The number of guanidine groups is 1. The fourth-order valence-electron chi connectivity index (χ4n) is 6.96. The number of hydrogen-bond acceptors (Lipinski definition) is 13. The Bertz CT molecular complexity index is 1670. The Hall–Kier alpha value is -5.38. The molecule has 334 valence electrons. The molecule has 21 heteroatoms. The molecule has 3 rings (SSSR count). The summed E-state index contributed by atoms with van der Waals surface area (Å²) in [6, 6.07) is -1.92. The van der Waals surface area contributed by atoms with Gasteiger partial charge in [-0.3, -0.25) is 54.1 Å². The summed E-state index contributed by atoms with van der Waals surface area (Å²) in [5, 5.41) is 47.4. The van der Waals surface area contributed by atoms with E-state index in [2.05, 4.69) is 42.2 Å². The third-order valence-corrected chi connectivity index (χ3v) is 10.3. The Balaban J connectivity index is 1.73. The van der Waals surface area contributed by atoms with Crippen LogP contribution >= 0.6 is 0 Å². The van der Waals surface area contributed by atoms with Gasteiger partial charge in [-0.15, -0.1) is 0 Å². The first-order chi connectivity index (χ1) is 28.4. The zero-order chi connectivity index (χ0) is 44.5. The fourth-order valence-corrected chi connectivity index (χ4v) is 6.96. The van der Waals surface area contributed by atoms with Crippen LogP contribution in [0.1, 0.15) is 78.2 Å². The van der Waals surface area contributed by atoms with Crippen molar-refractivity contribution in [3.05, 3.63) is 29.8 Å². The molecule has 0 aromatic heterocycles. The number of phenolic OH excluding ortho intramolecular Hbond substituents is 1. The Morgan fingerprint density at radius 3 is 2.05 bits per heavy atom. The molecule has 21 nitrogen and oxygen atoms in total. The van der Waals surface area contributed by atoms with Crippen LogP contribution in [-0.2, 0) is 40.0 Å². The van der Waals surface area contributed by atoms with Crippen LogP contribution in [0.25, 0.3) is 0 Å². The molecule has 0 bridgehead atoms. The second-order valence-electron chi connectivity index (χ2n) is 15.6. The van der Waals surface area contributed by atoms with E-state index in [9.17, 15) is 48.9 Å². The first kappa shape index (κ1) is 49.0. The van der Waals surface area contributed by atoms with Crippen molar-refractivity contribution in [1.82, 2.24) is 42.1 Å². The van der Waals surface area contributed by atoms with Gasteiger partial charge in [0.25, 0.3) is 0 Å². The Labute approximate surface area is 349 Å². The third-order valence-electron chi connectivity index (χ3n) is 10.3. The summed E-state index contributed by atoms with van der Waals surface area (Å²) in [6.07, 6.45) is 1.46. The molecule has 2 fully saturated rings. The minimum atomic E-state index is -1.47. The van der Waals surface area contributed by atoms with E-state index in [0.717, 1.165) is 13.0 Å². The number of imide groups is 1. The van der Waals surface area contributed by atoms with Gasteiger partial charge in [0.2, 0.25) is 41.4 Å². The van der Waals surface area contributed by atoms with Crippen molar-refractivity contribution in [1.29, 1.82) is 0 Å². The topological polar surface area (TPSA) is 332 Å². The highest BCUT2D eigenvalue weighted by Crippen LogP contribution is 2.17. The number of likely N-dealkylation sites (tertiary alicyclic amines) is 1. The van der Waals surface area contributed by atoms with Crippen LogP contribution < -0.4 is 48.7 Å². The fraction of sp³-hybridized carbons (Fsp3) is 0.641. The van der Waals surface area contributed by atoms with Gasteiger partial charge in [-0.05, 0) is 88.6 Å². The molecule has 2 aliphatic heterocycles. The SMILES string of the molecule is CCN1CCC[C@H]1C(=O)NC(=O)[C@H](CCCN=C(N)N)NC(=O)[C@H](CC(C)C)NC(=O)[C@@H](C)NC(=O)[C@H](Cc1ccc(O)cc1)NC(=O)[C@H](CO)NC(=O)[C@@H]1CCC(O)N1. The van der Waals surface area contributed by atoms with E-state index in [1.54, 1.807) is 0 Å². The molecule has 0 saturated carbocycles. The lowest BCUT2D eigenvalue weighted by Crippen LogP contribution is -2.60. The number of nitrogens with zero attached hydrogens (tertiary/aromatic N) is 2. The molecule has 14 N–H and O–H groups in total. The van der Waals surface area contributed by atoms with Crippen LogP contribution in [0.5, 0.6) is 5.75 Å². The second kappa shape index (κ2) is 24.0. The Kier molecular flexibility index (Phi) is 19.6. The van der Waals surface area contributed by atoms with Gasteiger partial charge in [-0.25, -0.2) is 0 Å². The molecule has 1 aromatic rings. The zero-order valence-electron chi connectivity index (χ0n) is 34.7. The molecule has 1 aromatic carbocycles. The average molecular weight is 846 g/mol. The highest BCUT2D eigenvalue weighted by atomic mass is 16.3. The highest BCUT2D eigenvalue weighted by Gasteiger charge is 2.35. The van der Waals surface area contributed by atoms with Gasteiger partial charge < -0.3 is 53.4 Å². The molecular formula is C39H63N11O10. The number of carbonyl (C=O) groups excluding carboxylic acids is 7. The predicted molar refractivity (Wildman–Crippen MR) is 219 cm³/mol. The number of benzene rings is 1. The standard InChI is InChI=1S/C39H63N11O10/c1-5-50-17-7-9-30(50)38(60)49-34(56)25(8-6-16-42-39(40)41)45-36(58)27(18-21(2)3)46-32(54)22(4)43-35(57)28(19-23-10-12-24(52)13-11-23)47-37(59)29(20-51)48-33(55)26-14-15-31(53)44-26/h10-13,21-22,25-31,44,51-53H,5-9,14-20H2,1-4H3,(H,43,57)(H,45,58)(H,46,54)(H,47,59)(H,48,55)(H4,40,41,42)(H,49,56,60)/t22-,25+,26+,27+,28+,29+,30+,31?/m1/s1. The van der Waals surface area contributed by atoms with Gasteiger partial charge in [0.15, 0.2) is 5.96 Å². The Morgan fingerprint density at radius 1 is 0.817 bits per heavy atom. The van der Waals surface area contributed by atoms with Crippen LogP contribution in [0.15, 0.2) is 29.3 Å². The summed E-state index contributed by atoms with van der Waals surface area (Å²) >= 11 is 0. The first-order valence-corrected chi connectivity index (χ1v) is 20.4. The molecule has 0 spiro atoms. The summed E-state index contributed by atoms with van der Waals surface area (Å²) in [5.41, 5.74) is 11.4. The number of amides is 7. The third kappa shape index (κ3) is 15.7. The summed E-state index contributed by atoms with van der Waals surface area (Å²) in [6.45, 7) is 7.62. The van der Waals surface area contributed by atoms with E-state index < -0.39 is 96.5 Å². The van der Waals surface area contributed by atoms with E-state index in [-0.39, 0.29) is 49.9 Å². The molecule has 8 atom stereocenters. The van der Waals surface area contributed by atoms with E-state index in [0.29, 0.717) is 31.4 Å². The number of aliphatic imine (C=N–C) groups is 1. The minimum Gasteiger partial charge on any atom is -0.508 e. The van der Waals surface area contributed by atoms with Crippen LogP contribution in [0, 0.1) is 5.92 Å². The molecule has 0 radical (unpaired) electrons. The summed E-state index contributed by atoms with van der Waals surface area (Å²) in [4.78, 5) is 99.6. The molecule has 2 aliphatic rings.